The van der Waals surface area contributed by atoms with Crippen molar-refractivity contribution in [3.05, 3.63) is 35.4 Å². The molecule has 0 atom stereocenters. The van der Waals surface area contributed by atoms with Crippen LogP contribution in [0.2, 0.25) is 0 Å². The van der Waals surface area contributed by atoms with E-state index in [9.17, 15) is 4.79 Å². The molecule has 0 saturated carbocycles. The Morgan fingerprint density at radius 2 is 1.75 bits per heavy atom. The lowest BCUT2D eigenvalue weighted by molar-refractivity contribution is -0.121. The van der Waals surface area contributed by atoms with E-state index in [1.54, 1.807) is 0 Å². The molecule has 0 fully saturated rings. The minimum atomic E-state index is 0.126. The van der Waals surface area contributed by atoms with Crippen LogP contribution in [0.25, 0.3) is 0 Å². The average molecular weight is 276 g/mol. The van der Waals surface area contributed by atoms with E-state index in [1.165, 1.54) is 11.1 Å². The summed E-state index contributed by atoms with van der Waals surface area (Å²) in [7, 11) is 0. The molecule has 0 spiro atoms. The van der Waals surface area contributed by atoms with Gasteiger partial charge in [0.25, 0.3) is 0 Å². The van der Waals surface area contributed by atoms with E-state index >= 15 is 0 Å². The first-order chi connectivity index (χ1) is 9.49. The van der Waals surface area contributed by atoms with E-state index in [0.717, 1.165) is 19.6 Å². The van der Waals surface area contributed by atoms with E-state index in [2.05, 4.69) is 62.6 Å². The number of nitrogens with one attached hydrogen (secondary N) is 2. The van der Waals surface area contributed by atoms with Gasteiger partial charge in [-0.15, -0.1) is 0 Å². The second kappa shape index (κ2) is 8.75. The third-order valence-electron chi connectivity index (χ3n) is 3.21. The maximum absolute atomic E-state index is 11.5. The molecule has 0 radical (unpaired) electrons. The molecule has 1 amide bonds. The molecule has 0 aliphatic carbocycles. The number of hydrogen-bond acceptors (Lipinski definition) is 2. The predicted octanol–water partition coefficient (Wildman–Crippen LogP) is 3.06. The molecule has 1 aromatic carbocycles. The normalized spacial score (nSPS) is 11.1. The van der Waals surface area contributed by atoms with Crippen molar-refractivity contribution >= 4 is 5.91 Å². The highest BCUT2D eigenvalue weighted by molar-refractivity contribution is 5.76. The van der Waals surface area contributed by atoms with Crippen LogP contribution in [0.4, 0.5) is 0 Å². The van der Waals surface area contributed by atoms with E-state index in [1.807, 2.05) is 0 Å². The van der Waals surface area contributed by atoms with Crippen molar-refractivity contribution in [2.24, 2.45) is 5.92 Å². The predicted molar refractivity (Wildman–Crippen MR) is 84.7 cm³/mol. The fraction of sp³-hybridized carbons (Fsp3) is 0.588. The van der Waals surface area contributed by atoms with Crippen LogP contribution in [0.15, 0.2) is 24.3 Å². The molecule has 0 saturated heterocycles. The molecule has 2 N–H and O–H groups in total. The molecule has 0 aliphatic rings. The lowest BCUT2D eigenvalue weighted by atomic mass is 10.0. The Kier molecular flexibility index (Phi) is 7.31. The van der Waals surface area contributed by atoms with Crippen molar-refractivity contribution in [3.63, 3.8) is 0 Å². The lowest BCUT2D eigenvalue weighted by Crippen LogP contribution is -2.30. The van der Waals surface area contributed by atoms with Gasteiger partial charge in [0.05, 0.1) is 0 Å². The maximum atomic E-state index is 11.5. The molecule has 0 bridgehead atoms. The summed E-state index contributed by atoms with van der Waals surface area (Å²) in [4.78, 5) is 11.5. The van der Waals surface area contributed by atoms with E-state index in [-0.39, 0.29) is 5.91 Å². The summed E-state index contributed by atoms with van der Waals surface area (Å²) >= 11 is 0. The standard InChI is InChI=1S/C17H28N2O/c1-13(2)11-19-17(20)9-10-18-12-15-5-7-16(8-6-15)14(3)4/h5-8,13-14,18H,9-12H2,1-4H3,(H,19,20). The Hall–Kier alpha value is -1.35. The van der Waals surface area contributed by atoms with Gasteiger partial charge >= 0.3 is 0 Å². The fourth-order valence-corrected chi connectivity index (χ4v) is 1.86. The van der Waals surface area contributed by atoms with Gasteiger partial charge in [-0.05, 0) is 23.0 Å². The van der Waals surface area contributed by atoms with E-state index in [0.29, 0.717) is 18.3 Å². The van der Waals surface area contributed by atoms with Crippen LogP contribution in [0.5, 0.6) is 0 Å². The van der Waals surface area contributed by atoms with Gasteiger partial charge in [0.15, 0.2) is 0 Å². The summed E-state index contributed by atoms with van der Waals surface area (Å²) in [6, 6.07) is 8.66. The summed E-state index contributed by atoms with van der Waals surface area (Å²) in [5, 5.41) is 6.23. The van der Waals surface area contributed by atoms with Crippen molar-refractivity contribution in [2.75, 3.05) is 13.1 Å². The molecule has 3 nitrogen and oxygen atoms in total. The van der Waals surface area contributed by atoms with Crippen molar-refractivity contribution in [1.29, 1.82) is 0 Å². The summed E-state index contributed by atoms with van der Waals surface area (Å²) in [6.45, 7) is 10.9. The van der Waals surface area contributed by atoms with Crippen LogP contribution in [-0.4, -0.2) is 19.0 Å². The number of rotatable bonds is 8. The first kappa shape index (κ1) is 16.7. The Morgan fingerprint density at radius 3 is 2.30 bits per heavy atom. The van der Waals surface area contributed by atoms with Crippen molar-refractivity contribution < 1.29 is 4.79 Å². The zero-order valence-electron chi connectivity index (χ0n) is 13.2. The second-order valence-corrected chi connectivity index (χ2v) is 6.02. The van der Waals surface area contributed by atoms with Gasteiger partial charge in [-0.2, -0.15) is 0 Å². The summed E-state index contributed by atoms with van der Waals surface area (Å²) in [6.07, 6.45) is 0.538. The molecule has 3 heteroatoms. The second-order valence-electron chi connectivity index (χ2n) is 6.02. The highest BCUT2D eigenvalue weighted by Crippen LogP contribution is 2.14. The molecule has 1 rings (SSSR count). The zero-order chi connectivity index (χ0) is 15.0. The van der Waals surface area contributed by atoms with Gasteiger partial charge in [0, 0.05) is 26.1 Å². The third-order valence-corrected chi connectivity index (χ3v) is 3.21. The quantitative estimate of drug-likeness (QED) is 0.717. The van der Waals surface area contributed by atoms with E-state index in [4.69, 9.17) is 0 Å². The van der Waals surface area contributed by atoms with E-state index < -0.39 is 0 Å². The molecule has 0 heterocycles. The summed E-state index contributed by atoms with van der Waals surface area (Å²) in [5.74, 6) is 1.20. The Bertz CT molecular complexity index is 396. The van der Waals surface area contributed by atoms with Gasteiger partial charge in [0.2, 0.25) is 5.91 Å². The molecule has 0 aliphatic heterocycles. The van der Waals surface area contributed by atoms with Gasteiger partial charge in [-0.3, -0.25) is 4.79 Å². The van der Waals surface area contributed by atoms with Crippen LogP contribution < -0.4 is 10.6 Å². The Morgan fingerprint density at radius 1 is 1.10 bits per heavy atom. The van der Waals surface area contributed by atoms with Crippen molar-refractivity contribution in [3.8, 4) is 0 Å². The number of hydrogen-bond donors (Lipinski definition) is 2. The van der Waals surface area contributed by atoms with Crippen LogP contribution in [0, 0.1) is 5.92 Å². The van der Waals surface area contributed by atoms with Gasteiger partial charge in [-0.25, -0.2) is 0 Å². The van der Waals surface area contributed by atoms with Crippen LogP contribution in [0.1, 0.15) is 51.2 Å². The average Bonchev–Trinajstić information content (AvgIpc) is 2.42. The van der Waals surface area contributed by atoms with Gasteiger partial charge in [0.1, 0.15) is 0 Å². The molecular formula is C17H28N2O. The molecule has 0 aromatic heterocycles. The molecule has 0 unspecified atom stereocenters. The summed E-state index contributed by atoms with van der Waals surface area (Å²) in [5.41, 5.74) is 2.62. The van der Waals surface area contributed by atoms with Crippen LogP contribution in [-0.2, 0) is 11.3 Å². The SMILES string of the molecule is CC(C)CNC(=O)CCNCc1ccc(C(C)C)cc1. The van der Waals surface area contributed by atoms with Crippen molar-refractivity contribution in [2.45, 2.75) is 46.6 Å². The number of carbonyl (C=O) groups excluding carboxylic acids is 1. The highest BCUT2D eigenvalue weighted by atomic mass is 16.1. The molecule has 1 aromatic rings. The number of carbonyl (C=O) groups is 1. The Balaban J connectivity index is 2.19. The largest absolute Gasteiger partial charge is 0.356 e. The lowest BCUT2D eigenvalue weighted by Gasteiger charge is -2.09. The third kappa shape index (κ3) is 6.71. The van der Waals surface area contributed by atoms with Crippen LogP contribution in [0.3, 0.4) is 0 Å². The molecule has 20 heavy (non-hydrogen) atoms. The molecular weight excluding hydrogens is 248 g/mol. The first-order valence-corrected chi connectivity index (χ1v) is 7.55. The number of amides is 1. The Labute approximate surface area is 123 Å². The number of benzene rings is 1. The minimum Gasteiger partial charge on any atom is -0.356 e. The minimum absolute atomic E-state index is 0.126. The first-order valence-electron chi connectivity index (χ1n) is 7.55. The smallest absolute Gasteiger partial charge is 0.221 e. The highest BCUT2D eigenvalue weighted by Gasteiger charge is 2.02. The topological polar surface area (TPSA) is 41.1 Å². The van der Waals surface area contributed by atoms with Crippen LogP contribution >= 0.6 is 0 Å². The van der Waals surface area contributed by atoms with Crippen molar-refractivity contribution in [1.82, 2.24) is 10.6 Å². The fourth-order valence-electron chi connectivity index (χ4n) is 1.86. The molecule has 112 valence electrons. The maximum Gasteiger partial charge on any atom is 0.221 e. The monoisotopic (exact) mass is 276 g/mol. The zero-order valence-corrected chi connectivity index (χ0v) is 13.2. The summed E-state index contributed by atoms with van der Waals surface area (Å²) < 4.78 is 0. The van der Waals surface area contributed by atoms with Gasteiger partial charge in [-0.1, -0.05) is 52.0 Å². The van der Waals surface area contributed by atoms with Gasteiger partial charge < -0.3 is 10.6 Å².